The Kier molecular flexibility index (Phi) is 5.34. The van der Waals surface area contributed by atoms with Gasteiger partial charge in [-0.1, -0.05) is 32.0 Å². The summed E-state index contributed by atoms with van der Waals surface area (Å²) in [6.45, 7) is 7.11. The van der Waals surface area contributed by atoms with E-state index in [1.807, 2.05) is 53.4 Å². The van der Waals surface area contributed by atoms with Gasteiger partial charge < -0.3 is 4.90 Å². The summed E-state index contributed by atoms with van der Waals surface area (Å²) in [6, 6.07) is 13.8. The van der Waals surface area contributed by atoms with Gasteiger partial charge in [-0.15, -0.1) is 11.3 Å². The van der Waals surface area contributed by atoms with Crippen LogP contribution in [0.3, 0.4) is 0 Å². The van der Waals surface area contributed by atoms with Gasteiger partial charge in [-0.25, -0.2) is 4.98 Å². The quantitative estimate of drug-likeness (QED) is 0.580. The van der Waals surface area contributed by atoms with E-state index in [4.69, 9.17) is 0 Å². The second-order valence-corrected chi connectivity index (χ2v) is 7.42. The zero-order valence-corrected chi connectivity index (χ0v) is 15.6. The van der Waals surface area contributed by atoms with Crippen molar-refractivity contribution in [3.05, 3.63) is 66.1 Å². The molecule has 25 heavy (non-hydrogen) atoms. The first kappa shape index (κ1) is 17.4. The van der Waals surface area contributed by atoms with Crippen molar-refractivity contribution in [1.29, 1.82) is 0 Å². The molecule has 1 aromatic carbocycles. The van der Waals surface area contributed by atoms with Gasteiger partial charge in [-0.05, 0) is 42.5 Å². The minimum atomic E-state index is -0.286. The van der Waals surface area contributed by atoms with E-state index in [-0.39, 0.29) is 11.8 Å². The lowest BCUT2D eigenvalue weighted by molar-refractivity contribution is 0.0951. The van der Waals surface area contributed by atoms with Gasteiger partial charge in [0.1, 0.15) is 5.00 Å². The number of nitrogens with zero attached hydrogens (tertiary/aromatic N) is 3. The van der Waals surface area contributed by atoms with Crippen molar-refractivity contribution in [2.75, 3.05) is 11.4 Å². The molecule has 130 valence electrons. The maximum atomic E-state index is 13.2. The molecule has 0 unspecified atom stereocenters. The van der Waals surface area contributed by atoms with E-state index >= 15 is 0 Å². The SMILES string of the molecule is CC(C)CN(c1ccccc1)[C@@H](C)C(=O)c1nccn1-c1cccs1. The van der Waals surface area contributed by atoms with E-state index < -0.39 is 0 Å². The summed E-state index contributed by atoms with van der Waals surface area (Å²) < 4.78 is 1.88. The predicted octanol–water partition coefficient (Wildman–Crippen LogP) is 4.67. The van der Waals surface area contributed by atoms with Crippen molar-refractivity contribution in [3.8, 4) is 5.00 Å². The van der Waals surface area contributed by atoms with E-state index in [0.29, 0.717) is 11.7 Å². The van der Waals surface area contributed by atoms with Crippen molar-refractivity contribution in [2.24, 2.45) is 5.92 Å². The van der Waals surface area contributed by atoms with Crippen LogP contribution in [-0.2, 0) is 0 Å². The molecule has 0 aliphatic rings. The van der Waals surface area contributed by atoms with Gasteiger partial charge in [-0.3, -0.25) is 9.36 Å². The van der Waals surface area contributed by atoms with Crippen molar-refractivity contribution >= 4 is 22.8 Å². The Bertz CT molecular complexity index is 809. The summed E-state index contributed by atoms with van der Waals surface area (Å²) in [7, 11) is 0. The second kappa shape index (κ2) is 7.66. The molecule has 1 atom stereocenters. The number of anilines is 1. The van der Waals surface area contributed by atoms with Crippen molar-refractivity contribution in [1.82, 2.24) is 9.55 Å². The number of aromatic nitrogens is 2. The summed E-state index contributed by atoms with van der Waals surface area (Å²) in [5.41, 5.74) is 1.06. The molecule has 3 rings (SSSR count). The van der Waals surface area contributed by atoms with Gasteiger partial charge in [-0.2, -0.15) is 0 Å². The highest BCUT2D eigenvalue weighted by atomic mass is 32.1. The molecule has 3 aromatic rings. The van der Waals surface area contributed by atoms with Crippen LogP contribution in [0.2, 0.25) is 0 Å². The fourth-order valence-electron chi connectivity index (χ4n) is 2.90. The minimum Gasteiger partial charge on any atom is -0.361 e. The Hall–Kier alpha value is -2.40. The molecule has 2 heterocycles. The molecule has 4 nitrogen and oxygen atoms in total. The molecule has 0 aliphatic heterocycles. The van der Waals surface area contributed by atoms with Crippen LogP contribution in [0.4, 0.5) is 5.69 Å². The Balaban J connectivity index is 1.91. The van der Waals surface area contributed by atoms with Crippen LogP contribution in [0.25, 0.3) is 5.00 Å². The number of para-hydroxylation sites is 1. The van der Waals surface area contributed by atoms with Crippen LogP contribution < -0.4 is 4.90 Å². The summed E-state index contributed by atoms with van der Waals surface area (Å²) in [6.07, 6.45) is 3.54. The van der Waals surface area contributed by atoms with Crippen molar-refractivity contribution in [2.45, 2.75) is 26.8 Å². The number of thiophene rings is 1. The van der Waals surface area contributed by atoms with Crippen LogP contribution >= 0.6 is 11.3 Å². The summed E-state index contributed by atoms with van der Waals surface area (Å²) >= 11 is 1.60. The van der Waals surface area contributed by atoms with E-state index in [1.165, 1.54) is 0 Å². The van der Waals surface area contributed by atoms with Crippen LogP contribution in [0, 0.1) is 5.92 Å². The number of hydrogen-bond donors (Lipinski definition) is 0. The molecule has 0 N–H and O–H groups in total. The average Bonchev–Trinajstić information content (AvgIpc) is 3.29. The Morgan fingerprint density at radius 2 is 1.92 bits per heavy atom. The average molecular weight is 353 g/mol. The Morgan fingerprint density at radius 1 is 1.16 bits per heavy atom. The first-order valence-corrected chi connectivity index (χ1v) is 9.39. The maximum absolute atomic E-state index is 13.2. The lowest BCUT2D eigenvalue weighted by Gasteiger charge is -2.31. The molecule has 0 bridgehead atoms. The smallest absolute Gasteiger partial charge is 0.220 e. The number of benzene rings is 1. The third-order valence-electron chi connectivity index (χ3n) is 4.10. The second-order valence-electron chi connectivity index (χ2n) is 6.49. The highest BCUT2D eigenvalue weighted by Crippen LogP contribution is 2.22. The first-order chi connectivity index (χ1) is 12.1. The fraction of sp³-hybridized carbons (Fsp3) is 0.300. The highest BCUT2D eigenvalue weighted by Gasteiger charge is 2.27. The molecule has 0 spiro atoms. The molecule has 2 aromatic heterocycles. The van der Waals surface area contributed by atoms with Gasteiger partial charge in [0.05, 0.1) is 6.04 Å². The molecule has 0 saturated heterocycles. The number of imidazole rings is 1. The third kappa shape index (κ3) is 3.82. The first-order valence-electron chi connectivity index (χ1n) is 8.51. The normalized spacial score (nSPS) is 12.3. The van der Waals surface area contributed by atoms with Crippen LogP contribution in [0.1, 0.15) is 31.4 Å². The molecule has 0 aliphatic carbocycles. The number of carbonyl (C=O) groups is 1. The lowest BCUT2D eigenvalue weighted by Crippen LogP contribution is -2.42. The molecule has 5 heteroatoms. The van der Waals surface area contributed by atoms with E-state index in [1.54, 1.807) is 17.5 Å². The monoisotopic (exact) mass is 353 g/mol. The van der Waals surface area contributed by atoms with Gasteiger partial charge in [0.25, 0.3) is 0 Å². The number of ketones is 1. The molecular formula is C20H23N3OS. The molecule has 0 fully saturated rings. The van der Waals surface area contributed by atoms with Crippen LogP contribution in [0.5, 0.6) is 0 Å². The standard InChI is InChI=1S/C20H23N3OS/c1-15(2)14-23(17-8-5-4-6-9-17)16(3)19(24)20-21-11-12-22(20)18-10-7-13-25-18/h4-13,15-16H,14H2,1-3H3/t16-/m0/s1. The molecule has 0 saturated carbocycles. The Labute approximate surface area is 152 Å². The molecular weight excluding hydrogens is 330 g/mol. The largest absolute Gasteiger partial charge is 0.361 e. The Morgan fingerprint density at radius 3 is 2.56 bits per heavy atom. The number of hydrogen-bond acceptors (Lipinski definition) is 4. The van der Waals surface area contributed by atoms with Crippen LogP contribution in [-0.4, -0.2) is 27.9 Å². The van der Waals surface area contributed by atoms with E-state index in [9.17, 15) is 4.79 Å². The highest BCUT2D eigenvalue weighted by molar-refractivity contribution is 7.12. The van der Waals surface area contributed by atoms with Crippen molar-refractivity contribution < 1.29 is 4.79 Å². The van der Waals surface area contributed by atoms with E-state index in [2.05, 4.69) is 35.9 Å². The van der Waals surface area contributed by atoms with Gasteiger partial charge >= 0.3 is 0 Å². The van der Waals surface area contributed by atoms with Crippen molar-refractivity contribution in [3.63, 3.8) is 0 Å². The zero-order valence-electron chi connectivity index (χ0n) is 14.8. The molecule has 0 radical (unpaired) electrons. The number of Topliss-reactive ketones (excluding diaryl/α,β-unsaturated/α-hetero) is 1. The van der Waals surface area contributed by atoms with Crippen LogP contribution in [0.15, 0.2) is 60.2 Å². The van der Waals surface area contributed by atoms with E-state index in [0.717, 1.165) is 17.2 Å². The molecule has 0 amide bonds. The third-order valence-corrected chi connectivity index (χ3v) is 4.97. The number of rotatable bonds is 7. The predicted molar refractivity (Wildman–Crippen MR) is 104 cm³/mol. The topological polar surface area (TPSA) is 38.1 Å². The number of carbonyl (C=O) groups excluding carboxylic acids is 1. The maximum Gasteiger partial charge on any atom is 0.220 e. The lowest BCUT2D eigenvalue weighted by atomic mass is 10.1. The van der Waals surface area contributed by atoms with Gasteiger partial charge in [0.15, 0.2) is 5.82 Å². The van der Waals surface area contributed by atoms with Gasteiger partial charge in [0, 0.05) is 24.6 Å². The zero-order chi connectivity index (χ0) is 17.8. The summed E-state index contributed by atoms with van der Waals surface area (Å²) in [4.78, 5) is 19.7. The summed E-state index contributed by atoms with van der Waals surface area (Å²) in [5.74, 6) is 0.968. The summed E-state index contributed by atoms with van der Waals surface area (Å²) in [5, 5.41) is 3.00. The minimum absolute atomic E-state index is 0.0305. The van der Waals surface area contributed by atoms with Gasteiger partial charge in [0.2, 0.25) is 5.78 Å². The fourth-order valence-corrected chi connectivity index (χ4v) is 3.61.